The molecule has 6 nitrogen and oxygen atoms in total. The number of aromatic nitrogens is 1. The second kappa shape index (κ2) is 6.72. The van der Waals surface area contributed by atoms with Crippen molar-refractivity contribution < 1.29 is 14.3 Å². The van der Waals surface area contributed by atoms with Crippen LogP contribution >= 0.6 is 0 Å². The van der Waals surface area contributed by atoms with Crippen molar-refractivity contribution >= 4 is 11.7 Å². The van der Waals surface area contributed by atoms with Crippen LogP contribution in [0.15, 0.2) is 41.1 Å². The van der Waals surface area contributed by atoms with Gasteiger partial charge in [0.1, 0.15) is 6.26 Å². The topological polar surface area (TPSA) is 87.4 Å². The molecule has 0 saturated heterocycles. The van der Waals surface area contributed by atoms with Crippen LogP contribution in [0.1, 0.15) is 13.3 Å². The third-order valence-corrected chi connectivity index (χ3v) is 2.76. The zero-order valence-electron chi connectivity index (χ0n) is 11.2. The number of hydrogen-bond donors (Lipinski definition) is 3. The van der Waals surface area contributed by atoms with E-state index in [1.165, 1.54) is 6.26 Å². The molecular formula is C14H17N3O3. The van der Waals surface area contributed by atoms with Gasteiger partial charge in [-0.25, -0.2) is 9.78 Å². The molecule has 20 heavy (non-hydrogen) atoms. The van der Waals surface area contributed by atoms with Crippen molar-refractivity contribution in [2.75, 3.05) is 11.9 Å². The molecule has 1 unspecified atom stereocenters. The Morgan fingerprint density at radius 1 is 1.40 bits per heavy atom. The lowest BCUT2D eigenvalue weighted by atomic mass is 10.2. The van der Waals surface area contributed by atoms with E-state index in [9.17, 15) is 4.79 Å². The Morgan fingerprint density at radius 3 is 2.75 bits per heavy atom. The SMILES string of the molecule is CC(CCO)NC(=O)Nc1ccc(-c2ncco2)cc1. The lowest BCUT2D eigenvalue weighted by molar-refractivity contribution is 0.241. The van der Waals surface area contributed by atoms with Crippen molar-refractivity contribution in [2.45, 2.75) is 19.4 Å². The number of oxazole rings is 1. The van der Waals surface area contributed by atoms with Crippen LogP contribution in [0.2, 0.25) is 0 Å². The summed E-state index contributed by atoms with van der Waals surface area (Å²) in [5.74, 6) is 0.539. The maximum absolute atomic E-state index is 11.7. The summed E-state index contributed by atoms with van der Waals surface area (Å²) in [5.41, 5.74) is 1.52. The fourth-order valence-electron chi connectivity index (χ4n) is 1.72. The molecule has 0 spiro atoms. The van der Waals surface area contributed by atoms with Gasteiger partial charge < -0.3 is 20.2 Å². The fraction of sp³-hybridized carbons (Fsp3) is 0.286. The van der Waals surface area contributed by atoms with E-state index in [1.807, 2.05) is 19.1 Å². The smallest absolute Gasteiger partial charge is 0.319 e. The monoisotopic (exact) mass is 275 g/mol. The Kier molecular flexibility index (Phi) is 4.73. The summed E-state index contributed by atoms with van der Waals surface area (Å²) in [6.45, 7) is 1.88. The summed E-state index contributed by atoms with van der Waals surface area (Å²) in [4.78, 5) is 15.7. The lowest BCUT2D eigenvalue weighted by Crippen LogP contribution is -2.36. The predicted molar refractivity (Wildman–Crippen MR) is 75.3 cm³/mol. The number of hydrogen-bond acceptors (Lipinski definition) is 4. The number of rotatable bonds is 5. The summed E-state index contributed by atoms with van der Waals surface area (Å²) >= 11 is 0. The summed E-state index contributed by atoms with van der Waals surface area (Å²) in [7, 11) is 0. The zero-order chi connectivity index (χ0) is 14.4. The average molecular weight is 275 g/mol. The highest BCUT2D eigenvalue weighted by Crippen LogP contribution is 2.19. The molecule has 1 heterocycles. The Hall–Kier alpha value is -2.34. The van der Waals surface area contributed by atoms with E-state index >= 15 is 0 Å². The standard InChI is InChI=1S/C14H17N3O3/c1-10(6-8-18)16-14(19)17-12-4-2-11(3-5-12)13-15-7-9-20-13/h2-5,7,9-10,18H,6,8H2,1H3,(H2,16,17,19). The molecule has 2 amide bonds. The molecule has 0 fully saturated rings. The Morgan fingerprint density at radius 2 is 2.15 bits per heavy atom. The third kappa shape index (κ3) is 3.83. The number of nitrogens with one attached hydrogen (secondary N) is 2. The van der Waals surface area contributed by atoms with Gasteiger partial charge in [-0.2, -0.15) is 0 Å². The van der Waals surface area contributed by atoms with E-state index in [1.54, 1.807) is 18.3 Å². The minimum atomic E-state index is -0.296. The van der Waals surface area contributed by atoms with Gasteiger partial charge >= 0.3 is 6.03 Å². The molecule has 0 aliphatic carbocycles. The Balaban J connectivity index is 1.92. The minimum absolute atomic E-state index is 0.0479. The second-order valence-electron chi connectivity index (χ2n) is 4.43. The number of benzene rings is 1. The van der Waals surface area contributed by atoms with Gasteiger partial charge in [-0.15, -0.1) is 0 Å². The first kappa shape index (κ1) is 14.1. The zero-order valence-corrected chi connectivity index (χ0v) is 11.2. The molecular weight excluding hydrogens is 258 g/mol. The van der Waals surface area contributed by atoms with Crippen molar-refractivity contribution in [2.24, 2.45) is 0 Å². The van der Waals surface area contributed by atoms with Crippen LogP contribution in [0.3, 0.4) is 0 Å². The summed E-state index contributed by atoms with van der Waals surface area (Å²) < 4.78 is 5.19. The van der Waals surface area contributed by atoms with Gasteiger partial charge in [0.05, 0.1) is 6.20 Å². The number of anilines is 1. The molecule has 1 aromatic heterocycles. The predicted octanol–water partition coefficient (Wildman–Crippen LogP) is 2.23. The molecule has 0 radical (unpaired) electrons. The van der Waals surface area contributed by atoms with Gasteiger partial charge in [-0.1, -0.05) is 0 Å². The van der Waals surface area contributed by atoms with Gasteiger partial charge in [0.2, 0.25) is 5.89 Å². The number of amides is 2. The van der Waals surface area contributed by atoms with E-state index in [-0.39, 0.29) is 18.7 Å². The van der Waals surface area contributed by atoms with Gasteiger partial charge in [0.15, 0.2) is 0 Å². The number of carbonyl (C=O) groups is 1. The summed E-state index contributed by atoms with van der Waals surface area (Å²) in [6.07, 6.45) is 3.62. The van der Waals surface area contributed by atoms with Crippen LogP contribution in [0.4, 0.5) is 10.5 Å². The van der Waals surface area contributed by atoms with Crippen LogP contribution in [0.25, 0.3) is 11.5 Å². The van der Waals surface area contributed by atoms with Crippen molar-refractivity contribution in [1.29, 1.82) is 0 Å². The van der Waals surface area contributed by atoms with E-state index in [4.69, 9.17) is 9.52 Å². The molecule has 106 valence electrons. The molecule has 0 aliphatic heterocycles. The van der Waals surface area contributed by atoms with Crippen LogP contribution in [0, 0.1) is 0 Å². The van der Waals surface area contributed by atoms with Crippen molar-refractivity contribution in [3.05, 3.63) is 36.7 Å². The molecule has 0 aliphatic rings. The number of urea groups is 1. The van der Waals surface area contributed by atoms with E-state index in [2.05, 4.69) is 15.6 Å². The molecule has 3 N–H and O–H groups in total. The summed E-state index contributed by atoms with van der Waals surface area (Å²) in [5, 5.41) is 14.2. The van der Waals surface area contributed by atoms with Gasteiger partial charge in [0, 0.05) is 23.9 Å². The van der Waals surface area contributed by atoms with Crippen molar-refractivity contribution in [1.82, 2.24) is 10.3 Å². The maximum Gasteiger partial charge on any atom is 0.319 e. The number of aliphatic hydroxyl groups is 1. The maximum atomic E-state index is 11.7. The highest BCUT2D eigenvalue weighted by atomic mass is 16.3. The van der Waals surface area contributed by atoms with Crippen LogP contribution < -0.4 is 10.6 Å². The molecule has 6 heteroatoms. The van der Waals surface area contributed by atoms with Crippen LogP contribution in [-0.2, 0) is 0 Å². The van der Waals surface area contributed by atoms with Crippen molar-refractivity contribution in [3.63, 3.8) is 0 Å². The van der Waals surface area contributed by atoms with Gasteiger partial charge in [-0.3, -0.25) is 0 Å². The largest absolute Gasteiger partial charge is 0.445 e. The van der Waals surface area contributed by atoms with Gasteiger partial charge in [-0.05, 0) is 37.6 Å². The first-order valence-electron chi connectivity index (χ1n) is 6.37. The highest BCUT2D eigenvalue weighted by molar-refractivity contribution is 5.89. The van der Waals surface area contributed by atoms with Gasteiger partial charge in [0.25, 0.3) is 0 Å². The normalized spacial score (nSPS) is 11.9. The number of carbonyl (C=O) groups excluding carboxylic acids is 1. The first-order valence-corrected chi connectivity index (χ1v) is 6.37. The quantitative estimate of drug-likeness (QED) is 0.781. The highest BCUT2D eigenvalue weighted by Gasteiger charge is 2.07. The number of aliphatic hydroxyl groups excluding tert-OH is 1. The molecule has 0 saturated carbocycles. The lowest BCUT2D eigenvalue weighted by Gasteiger charge is -2.13. The number of nitrogens with zero attached hydrogens (tertiary/aromatic N) is 1. The fourth-order valence-corrected chi connectivity index (χ4v) is 1.72. The second-order valence-corrected chi connectivity index (χ2v) is 4.43. The molecule has 1 aromatic carbocycles. The Bertz CT molecular complexity index is 537. The van der Waals surface area contributed by atoms with E-state index < -0.39 is 0 Å². The third-order valence-electron chi connectivity index (χ3n) is 2.76. The Labute approximate surface area is 116 Å². The molecule has 1 atom stereocenters. The molecule has 2 rings (SSSR count). The van der Waals surface area contributed by atoms with Crippen LogP contribution in [-0.4, -0.2) is 28.8 Å². The van der Waals surface area contributed by atoms with E-state index in [0.29, 0.717) is 18.0 Å². The molecule has 2 aromatic rings. The minimum Gasteiger partial charge on any atom is -0.445 e. The first-order chi connectivity index (χ1) is 9.69. The van der Waals surface area contributed by atoms with Crippen molar-refractivity contribution in [3.8, 4) is 11.5 Å². The van der Waals surface area contributed by atoms with Crippen LogP contribution in [0.5, 0.6) is 0 Å². The average Bonchev–Trinajstić information content (AvgIpc) is 2.93. The molecule has 0 bridgehead atoms. The summed E-state index contributed by atoms with van der Waals surface area (Å²) in [6, 6.07) is 6.81. The van der Waals surface area contributed by atoms with E-state index in [0.717, 1.165) is 5.56 Å².